The molecule has 5 aromatic carbocycles. The van der Waals surface area contributed by atoms with Crippen LogP contribution in [0.3, 0.4) is 0 Å². The summed E-state index contributed by atoms with van der Waals surface area (Å²) in [6.07, 6.45) is 4.31. The topological polar surface area (TPSA) is 121 Å². The van der Waals surface area contributed by atoms with E-state index in [1.807, 2.05) is 60.7 Å². The van der Waals surface area contributed by atoms with E-state index in [1.165, 1.54) is 37.7 Å². The number of hydrogen-bond donors (Lipinski definition) is 2. The molecule has 1 heterocycles. The van der Waals surface area contributed by atoms with Gasteiger partial charge < -0.3 is 33.9 Å². The third-order valence-electron chi connectivity index (χ3n) is 11.2. The highest BCUT2D eigenvalue weighted by molar-refractivity contribution is 5.97. The lowest BCUT2D eigenvalue weighted by Gasteiger charge is -2.40. The van der Waals surface area contributed by atoms with Crippen molar-refractivity contribution in [3.8, 4) is 23.0 Å². The van der Waals surface area contributed by atoms with Gasteiger partial charge in [0, 0.05) is 16.7 Å². The lowest BCUT2D eigenvalue weighted by molar-refractivity contribution is -0.150. The van der Waals surface area contributed by atoms with Gasteiger partial charge in [-0.25, -0.2) is 4.79 Å². The van der Waals surface area contributed by atoms with Crippen LogP contribution in [0.5, 0.6) is 23.0 Å². The molecule has 7 rings (SSSR count). The monoisotopic (exact) mass is 772 g/mol. The number of aliphatic hydroxyl groups is 2. The van der Waals surface area contributed by atoms with Gasteiger partial charge in [0.1, 0.15) is 61.6 Å². The highest BCUT2D eigenvalue weighted by atomic mass is 16.6. The zero-order valence-electron chi connectivity index (χ0n) is 33.2. The third-order valence-corrected chi connectivity index (χ3v) is 11.2. The van der Waals surface area contributed by atoms with E-state index in [4.69, 9.17) is 23.7 Å². The SMILES string of the molecule is C=C(C)C(=O)OCC(O)COc1ccc2c3c(ccc2c1)Oc1ccc2cc(OCC(O)COC(=O)C(C)C)ccc2c1C3(C)c1ccc(C2CCCCC2)cc1. The Kier molecular flexibility index (Phi) is 11.9. The molecule has 1 aliphatic carbocycles. The van der Waals surface area contributed by atoms with E-state index in [1.54, 1.807) is 20.8 Å². The van der Waals surface area contributed by atoms with Crippen LogP contribution in [0.4, 0.5) is 0 Å². The molecule has 3 unspecified atom stereocenters. The van der Waals surface area contributed by atoms with E-state index >= 15 is 0 Å². The first kappa shape index (κ1) is 39.8. The van der Waals surface area contributed by atoms with Crippen molar-refractivity contribution < 1.29 is 43.5 Å². The Hall–Kier alpha value is -5.38. The van der Waals surface area contributed by atoms with Crippen LogP contribution in [0.2, 0.25) is 0 Å². The molecule has 0 spiro atoms. The molecule has 0 amide bonds. The van der Waals surface area contributed by atoms with Gasteiger partial charge in [-0.15, -0.1) is 0 Å². The molecule has 57 heavy (non-hydrogen) atoms. The molecule has 0 bridgehead atoms. The summed E-state index contributed by atoms with van der Waals surface area (Å²) in [4.78, 5) is 23.7. The van der Waals surface area contributed by atoms with E-state index in [2.05, 4.69) is 37.8 Å². The van der Waals surface area contributed by atoms with Crippen LogP contribution in [0.15, 0.2) is 97.1 Å². The van der Waals surface area contributed by atoms with Crippen molar-refractivity contribution in [1.29, 1.82) is 0 Å². The standard InChI is InChI=1S/C48H52O9/c1-29(2)46(51)55-27-36(49)25-53-38-17-19-40-33(23-38)13-21-42-44(40)48(5,35-15-11-32(12-16-35)31-9-7-6-8-10-31)45-41-20-18-39(24-34(41)14-22-43(45)57-42)54-26-37(50)28-56-47(52)30(3)4/h11-24,30-31,36-37,49-50H,1,6-10,25-28H2,2-5H3. The Labute approximate surface area is 334 Å². The Morgan fingerprint density at radius 2 is 1.26 bits per heavy atom. The van der Waals surface area contributed by atoms with Gasteiger partial charge in [-0.1, -0.05) is 88.2 Å². The Bertz CT molecular complexity index is 2270. The molecule has 9 heteroatoms. The summed E-state index contributed by atoms with van der Waals surface area (Å²) in [7, 11) is 0. The second-order valence-electron chi connectivity index (χ2n) is 15.9. The average molecular weight is 773 g/mol. The molecule has 2 aliphatic rings. The van der Waals surface area contributed by atoms with Gasteiger partial charge in [0.05, 0.1) is 11.3 Å². The fourth-order valence-corrected chi connectivity index (χ4v) is 8.13. The number of benzene rings is 5. The molecule has 0 aromatic heterocycles. The van der Waals surface area contributed by atoms with Crippen molar-refractivity contribution in [1.82, 2.24) is 0 Å². The molecular formula is C48H52O9. The number of carbonyl (C=O) groups excluding carboxylic acids is 2. The first-order valence-electron chi connectivity index (χ1n) is 20.0. The number of hydrogen-bond acceptors (Lipinski definition) is 9. The minimum absolute atomic E-state index is 0.0253. The predicted molar refractivity (Wildman–Crippen MR) is 220 cm³/mol. The second-order valence-corrected chi connectivity index (χ2v) is 15.9. The summed E-state index contributed by atoms with van der Waals surface area (Å²) in [5.41, 5.74) is 4.19. The summed E-state index contributed by atoms with van der Waals surface area (Å²) in [5, 5.41) is 24.8. The maximum absolute atomic E-state index is 11.9. The molecule has 9 nitrogen and oxygen atoms in total. The van der Waals surface area contributed by atoms with Crippen molar-refractivity contribution in [2.24, 2.45) is 5.92 Å². The van der Waals surface area contributed by atoms with Gasteiger partial charge in [0.15, 0.2) is 0 Å². The van der Waals surface area contributed by atoms with Crippen molar-refractivity contribution in [2.75, 3.05) is 26.4 Å². The highest BCUT2D eigenvalue weighted by Crippen LogP contribution is 2.56. The quantitative estimate of drug-likeness (QED) is 0.0841. The summed E-state index contributed by atoms with van der Waals surface area (Å²) >= 11 is 0. The fourth-order valence-electron chi connectivity index (χ4n) is 8.13. The second kappa shape index (κ2) is 17.0. The number of aliphatic hydroxyl groups excluding tert-OH is 2. The number of ether oxygens (including phenoxy) is 5. The van der Waals surface area contributed by atoms with Crippen LogP contribution >= 0.6 is 0 Å². The molecule has 2 N–H and O–H groups in total. The van der Waals surface area contributed by atoms with Crippen LogP contribution in [-0.4, -0.2) is 60.8 Å². The van der Waals surface area contributed by atoms with Crippen LogP contribution in [0.25, 0.3) is 21.5 Å². The van der Waals surface area contributed by atoms with E-state index in [9.17, 15) is 19.8 Å². The fraction of sp³-hybridized carbons (Fsp3) is 0.375. The van der Waals surface area contributed by atoms with E-state index in [0.29, 0.717) is 17.4 Å². The van der Waals surface area contributed by atoms with E-state index in [0.717, 1.165) is 49.7 Å². The summed E-state index contributed by atoms with van der Waals surface area (Å²) in [6, 6.07) is 29.1. The average Bonchev–Trinajstić information content (AvgIpc) is 3.22. The Balaban J connectivity index is 1.24. The molecular weight excluding hydrogens is 721 g/mol. The zero-order valence-corrected chi connectivity index (χ0v) is 33.2. The van der Waals surface area contributed by atoms with Gasteiger partial charge in [-0.2, -0.15) is 0 Å². The van der Waals surface area contributed by atoms with E-state index in [-0.39, 0.29) is 43.9 Å². The van der Waals surface area contributed by atoms with Gasteiger partial charge in [0.2, 0.25) is 0 Å². The normalized spacial score (nSPS) is 17.6. The molecule has 0 saturated heterocycles. The van der Waals surface area contributed by atoms with Gasteiger partial charge in [0.25, 0.3) is 0 Å². The lowest BCUT2D eigenvalue weighted by atomic mass is 9.66. The number of rotatable bonds is 14. The number of esters is 2. The van der Waals surface area contributed by atoms with Crippen LogP contribution in [-0.2, 0) is 24.5 Å². The van der Waals surface area contributed by atoms with E-state index < -0.39 is 23.6 Å². The summed E-state index contributed by atoms with van der Waals surface area (Å²) in [5.74, 6) is 2.08. The Morgan fingerprint density at radius 3 is 1.77 bits per heavy atom. The molecule has 3 atom stereocenters. The third kappa shape index (κ3) is 8.50. The number of carbonyl (C=O) groups is 2. The highest BCUT2D eigenvalue weighted by Gasteiger charge is 2.42. The van der Waals surface area contributed by atoms with Crippen molar-refractivity contribution in [3.05, 3.63) is 119 Å². The minimum Gasteiger partial charge on any atom is -0.491 e. The molecule has 5 aromatic rings. The molecule has 0 radical (unpaired) electrons. The molecule has 1 aliphatic heterocycles. The van der Waals surface area contributed by atoms with Crippen molar-refractivity contribution in [3.63, 3.8) is 0 Å². The first-order chi connectivity index (χ1) is 27.4. The van der Waals surface area contributed by atoms with Crippen LogP contribution < -0.4 is 14.2 Å². The summed E-state index contributed by atoms with van der Waals surface area (Å²) in [6.45, 7) is 10.5. The minimum atomic E-state index is -1.00. The van der Waals surface area contributed by atoms with Crippen LogP contribution in [0.1, 0.15) is 88.0 Å². The lowest BCUT2D eigenvalue weighted by Crippen LogP contribution is -2.30. The Morgan fingerprint density at radius 1 is 0.737 bits per heavy atom. The van der Waals surface area contributed by atoms with Crippen LogP contribution in [0, 0.1) is 5.92 Å². The van der Waals surface area contributed by atoms with Crippen molar-refractivity contribution >= 4 is 33.5 Å². The largest absolute Gasteiger partial charge is 0.491 e. The molecule has 298 valence electrons. The molecule has 1 fully saturated rings. The van der Waals surface area contributed by atoms with Gasteiger partial charge in [-0.3, -0.25) is 4.79 Å². The van der Waals surface area contributed by atoms with Gasteiger partial charge >= 0.3 is 11.9 Å². The van der Waals surface area contributed by atoms with Crippen molar-refractivity contribution in [2.45, 2.75) is 83.3 Å². The first-order valence-corrected chi connectivity index (χ1v) is 20.0. The maximum atomic E-state index is 11.9. The predicted octanol–water partition coefficient (Wildman–Crippen LogP) is 9.30. The van der Waals surface area contributed by atoms with Gasteiger partial charge in [-0.05, 0) is 102 Å². The smallest absolute Gasteiger partial charge is 0.333 e. The maximum Gasteiger partial charge on any atom is 0.333 e. The molecule has 1 saturated carbocycles. The number of fused-ring (bicyclic) bond motifs is 6. The zero-order chi connectivity index (χ0) is 40.3. The summed E-state index contributed by atoms with van der Waals surface area (Å²) < 4.78 is 29.0.